The average Bonchev–Trinajstić information content (AvgIpc) is 2.46. The zero-order valence-corrected chi connectivity index (χ0v) is 14.5. The maximum Gasteiger partial charge on any atom is 0.421 e. The molecule has 0 unspecified atom stereocenters. The lowest BCUT2D eigenvalue weighted by Gasteiger charge is -2.11. The molecule has 0 saturated heterocycles. The molecule has 3 nitrogen and oxygen atoms in total. The van der Waals surface area contributed by atoms with Gasteiger partial charge in [0.05, 0.1) is 0 Å². The molecule has 0 atom stereocenters. The van der Waals surface area contributed by atoms with Crippen molar-refractivity contribution < 1.29 is 11.6 Å². The van der Waals surface area contributed by atoms with Crippen molar-refractivity contribution in [2.45, 2.75) is 27.7 Å². The van der Waals surface area contributed by atoms with Crippen molar-refractivity contribution >= 4 is 0 Å². The summed E-state index contributed by atoms with van der Waals surface area (Å²) in [7, 11) is 0. The van der Waals surface area contributed by atoms with Gasteiger partial charge in [-0.1, -0.05) is 36.4 Å². The first-order valence-corrected chi connectivity index (χ1v) is 7.94. The van der Waals surface area contributed by atoms with Gasteiger partial charge in [-0.3, -0.25) is 0 Å². The van der Waals surface area contributed by atoms with Gasteiger partial charge >= 0.3 is 5.28 Å². The Bertz CT molecular complexity index is 778. The van der Waals surface area contributed by atoms with Crippen LogP contribution in [0.25, 0.3) is 22.8 Å². The molecule has 23 heavy (non-hydrogen) atoms. The normalized spacial score (nSPS) is 10.8. The van der Waals surface area contributed by atoms with Gasteiger partial charge in [0.2, 0.25) is 0 Å². The first-order chi connectivity index (χ1) is 11.0. The van der Waals surface area contributed by atoms with Gasteiger partial charge in [0.1, 0.15) is 0 Å². The van der Waals surface area contributed by atoms with Crippen LogP contribution in [0.2, 0.25) is 5.28 Å². The predicted octanol–water partition coefficient (Wildman–Crippen LogP) is 4.14. The van der Waals surface area contributed by atoms with Crippen LogP contribution < -0.4 is 0 Å². The smallest absolute Gasteiger partial charge is 0.208 e. The number of hydrogen-bond donors (Lipinski definition) is 0. The van der Waals surface area contributed by atoms with Gasteiger partial charge in [0.15, 0.2) is 23.2 Å². The maximum atomic E-state index is 5.30. The molecule has 3 aromatic rings. The van der Waals surface area contributed by atoms with Gasteiger partial charge in [-0.25, -0.2) is 4.98 Å². The molecule has 0 aliphatic rings. The third-order valence-corrected chi connectivity index (χ3v) is 4.21. The van der Waals surface area contributed by atoms with Crippen molar-refractivity contribution in [2.75, 3.05) is 0 Å². The summed E-state index contributed by atoms with van der Waals surface area (Å²) in [6.45, 7) is 8.25. The van der Waals surface area contributed by atoms with E-state index in [1.807, 2.05) is 12.1 Å². The van der Waals surface area contributed by atoms with Crippen LogP contribution >= 0.6 is 0 Å². The minimum absolute atomic E-state index is 0.329. The minimum atomic E-state index is 0.329. The molecular formula is C19H19ClN3+. The van der Waals surface area contributed by atoms with E-state index in [4.69, 9.17) is 16.6 Å². The summed E-state index contributed by atoms with van der Waals surface area (Å²) in [5.74, 6) is 1.30. The van der Waals surface area contributed by atoms with Gasteiger partial charge in [0, 0.05) is 11.1 Å². The summed E-state index contributed by atoms with van der Waals surface area (Å²) < 4.78 is 0. The maximum absolute atomic E-state index is 5.30. The van der Waals surface area contributed by atoms with Crippen molar-refractivity contribution in [3.63, 3.8) is 0 Å². The second kappa shape index (κ2) is 6.09. The van der Waals surface area contributed by atoms with Crippen molar-refractivity contribution in [1.29, 1.82) is 0 Å². The second-order valence-electron chi connectivity index (χ2n) is 5.80. The Morgan fingerprint density at radius 1 is 0.609 bits per heavy atom. The number of aromatic nitrogens is 3. The average molecular weight is 325 g/mol. The van der Waals surface area contributed by atoms with E-state index in [9.17, 15) is 0 Å². The topological polar surface area (TPSA) is 38.7 Å². The van der Waals surface area contributed by atoms with Crippen LogP contribution in [0.1, 0.15) is 22.3 Å². The lowest BCUT2D eigenvalue weighted by Crippen LogP contribution is -2.02. The fourth-order valence-electron chi connectivity index (χ4n) is 2.91. The van der Waals surface area contributed by atoms with Crippen LogP contribution in [0.4, 0.5) is 0 Å². The Kier molecular flexibility index (Phi) is 4.14. The van der Waals surface area contributed by atoms with Crippen LogP contribution in [0, 0.1) is 39.3 Å². The van der Waals surface area contributed by atoms with Crippen molar-refractivity contribution in [3.05, 3.63) is 63.9 Å². The molecule has 1 heterocycles. The highest BCUT2D eigenvalue weighted by Gasteiger charge is 2.17. The molecule has 0 aliphatic carbocycles. The molecule has 0 radical (unpaired) electrons. The Morgan fingerprint density at radius 3 is 1.30 bits per heavy atom. The molecule has 0 amide bonds. The Labute approximate surface area is 141 Å². The third-order valence-electron chi connectivity index (χ3n) is 4.02. The summed E-state index contributed by atoms with van der Waals surface area (Å²) >= 11 is 5.30. The van der Waals surface area contributed by atoms with E-state index in [1.54, 1.807) is 0 Å². The summed E-state index contributed by atoms with van der Waals surface area (Å²) in [6.07, 6.45) is 0. The molecule has 0 fully saturated rings. The Balaban J connectivity index is 2.26. The molecule has 0 saturated carbocycles. The summed E-state index contributed by atoms with van der Waals surface area (Å²) in [6, 6.07) is 12.3. The number of halogens is 1. The Morgan fingerprint density at radius 2 is 0.957 bits per heavy atom. The van der Waals surface area contributed by atoms with Gasteiger partial charge in [-0.05, 0) is 49.9 Å². The van der Waals surface area contributed by atoms with Crippen molar-refractivity contribution in [2.24, 2.45) is 0 Å². The SMILES string of the molecule is Cc1cccc(C)c1-c1nc([ClH+])nc(-c2c(C)cccc2C)n1. The van der Waals surface area contributed by atoms with Crippen molar-refractivity contribution in [1.82, 2.24) is 15.0 Å². The molecular weight excluding hydrogens is 306 g/mol. The highest BCUT2D eigenvalue weighted by atomic mass is 35.5. The zero-order valence-electron chi connectivity index (χ0n) is 13.7. The quantitative estimate of drug-likeness (QED) is 0.711. The highest BCUT2D eigenvalue weighted by Crippen LogP contribution is 2.28. The van der Waals surface area contributed by atoms with Crippen LogP contribution in [0.5, 0.6) is 0 Å². The van der Waals surface area contributed by atoms with Gasteiger partial charge in [-0.15, -0.1) is 0 Å². The molecule has 0 bridgehead atoms. The number of aryl methyl sites for hydroxylation is 4. The monoisotopic (exact) mass is 324 g/mol. The standard InChI is InChI=1S/C19H19ClN3/c1-11-7-5-8-12(2)15(11)17-21-18(23-19(20)22-17)16-13(3)9-6-10-14(16)4/h5-10,20H,1-4H3/q+1. The fourth-order valence-corrected chi connectivity index (χ4v) is 3.09. The van der Waals surface area contributed by atoms with Gasteiger partial charge in [-0.2, -0.15) is 9.97 Å². The number of rotatable bonds is 2. The minimum Gasteiger partial charge on any atom is -0.208 e. The summed E-state index contributed by atoms with van der Waals surface area (Å²) in [5, 5.41) is 0.329. The van der Waals surface area contributed by atoms with Crippen LogP contribution in [0.3, 0.4) is 0 Å². The lowest BCUT2D eigenvalue weighted by atomic mass is 10.0. The number of nitrogens with zero attached hydrogens (tertiary/aromatic N) is 3. The molecule has 2 aromatic carbocycles. The molecule has 116 valence electrons. The van der Waals surface area contributed by atoms with Gasteiger partial charge < -0.3 is 0 Å². The van der Waals surface area contributed by atoms with E-state index in [-0.39, 0.29) is 0 Å². The number of benzene rings is 2. The van der Waals surface area contributed by atoms with Crippen LogP contribution in [0.15, 0.2) is 36.4 Å². The second-order valence-corrected chi connectivity index (χ2v) is 6.16. The van der Waals surface area contributed by atoms with E-state index >= 15 is 0 Å². The first kappa shape index (κ1) is 15.6. The van der Waals surface area contributed by atoms with Crippen LogP contribution in [-0.4, -0.2) is 15.0 Å². The first-order valence-electron chi connectivity index (χ1n) is 7.53. The largest absolute Gasteiger partial charge is 0.421 e. The molecule has 0 spiro atoms. The summed E-state index contributed by atoms with van der Waals surface area (Å²) in [5.41, 5.74) is 6.62. The van der Waals surface area contributed by atoms with E-state index in [0.29, 0.717) is 16.9 Å². The number of hydrogen-bond acceptors (Lipinski definition) is 3. The molecule has 0 N–H and O–H groups in total. The third kappa shape index (κ3) is 2.97. The molecule has 3 rings (SSSR count). The zero-order chi connectivity index (χ0) is 16.6. The lowest BCUT2D eigenvalue weighted by molar-refractivity contribution is -0.304. The predicted molar refractivity (Wildman–Crippen MR) is 90.2 cm³/mol. The van der Waals surface area contributed by atoms with E-state index in [2.05, 4.69) is 61.9 Å². The summed E-state index contributed by atoms with van der Waals surface area (Å²) in [4.78, 5) is 13.5. The Hall–Kier alpha value is -2.26. The van der Waals surface area contributed by atoms with Gasteiger partial charge in [0.25, 0.3) is 0 Å². The van der Waals surface area contributed by atoms with E-state index in [1.165, 1.54) is 0 Å². The van der Waals surface area contributed by atoms with E-state index in [0.717, 1.165) is 33.4 Å². The van der Waals surface area contributed by atoms with Crippen molar-refractivity contribution in [3.8, 4) is 22.8 Å². The van der Waals surface area contributed by atoms with E-state index < -0.39 is 0 Å². The molecule has 4 heteroatoms. The fraction of sp³-hybridized carbons (Fsp3) is 0.211. The molecule has 1 aromatic heterocycles. The van der Waals surface area contributed by atoms with Crippen LogP contribution in [-0.2, 0) is 0 Å². The molecule has 0 aliphatic heterocycles. The highest BCUT2D eigenvalue weighted by molar-refractivity contribution is 5.69.